The maximum absolute atomic E-state index is 5.66. The molecule has 0 bridgehead atoms. The van der Waals surface area contributed by atoms with Crippen molar-refractivity contribution in [3.63, 3.8) is 0 Å². The van der Waals surface area contributed by atoms with Crippen molar-refractivity contribution in [2.75, 3.05) is 0 Å². The summed E-state index contributed by atoms with van der Waals surface area (Å²) in [7, 11) is 0. The van der Waals surface area contributed by atoms with Gasteiger partial charge in [-0.2, -0.15) is 0 Å². The van der Waals surface area contributed by atoms with Gasteiger partial charge in [-0.05, 0) is 104 Å². The average Bonchev–Trinajstić information content (AvgIpc) is 4.13. The fraction of sp³-hybridized carbons (Fsp3) is 0.127. The molecule has 0 atom stereocenters. The monoisotopic (exact) mass is 858 g/mol. The summed E-state index contributed by atoms with van der Waals surface area (Å²) in [5.74, 6) is 0. The molecule has 6 aromatic heterocycles. The van der Waals surface area contributed by atoms with Gasteiger partial charge in [0.2, 0.25) is 0 Å². The molecule has 67 heavy (non-hydrogen) atoms. The van der Waals surface area contributed by atoms with Crippen LogP contribution in [0.25, 0.3) is 136 Å². The molecule has 0 spiro atoms. The fourth-order valence-electron chi connectivity index (χ4n) is 12.2. The minimum Gasteiger partial charge on any atom is -0.309 e. The van der Waals surface area contributed by atoms with E-state index in [4.69, 9.17) is 4.98 Å². The van der Waals surface area contributed by atoms with Crippen LogP contribution in [0.5, 0.6) is 0 Å². The summed E-state index contributed by atoms with van der Waals surface area (Å²) in [6.45, 7) is 14.1. The third kappa shape index (κ3) is 4.74. The zero-order chi connectivity index (χ0) is 44.8. The van der Waals surface area contributed by atoms with Crippen LogP contribution in [0.2, 0.25) is 0 Å². The van der Waals surface area contributed by atoms with Crippen LogP contribution in [0.1, 0.15) is 52.7 Å². The van der Waals surface area contributed by atoms with Crippen LogP contribution in [-0.2, 0) is 10.8 Å². The lowest BCUT2D eigenvalue weighted by molar-refractivity contribution is 0.591. The summed E-state index contributed by atoms with van der Waals surface area (Å²) in [5, 5.41) is 17.8. The van der Waals surface area contributed by atoms with E-state index in [0.717, 1.165) is 11.2 Å². The van der Waals surface area contributed by atoms with Crippen molar-refractivity contribution in [2.24, 2.45) is 0 Å². The molecule has 0 aliphatic heterocycles. The van der Waals surface area contributed by atoms with Crippen LogP contribution in [0.4, 0.5) is 0 Å². The first-order valence-corrected chi connectivity index (χ1v) is 23.7. The highest BCUT2D eigenvalue weighted by Crippen LogP contribution is 2.51. The quantitative estimate of drug-likeness (QED) is 0.170. The molecular weight excluding hydrogens is 813 g/mol. The molecule has 0 radical (unpaired) electrons. The van der Waals surface area contributed by atoms with E-state index in [1.807, 2.05) is 0 Å². The predicted octanol–water partition coefficient (Wildman–Crippen LogP) is 17.0. The SMILES string of the molecule is CC(C)(C)c1cc(-c2ccc3c(c2)c2ccccc2n3-c2ccccc2)c2c(c1)c1cc(C(C)(C)C)cc3c4c5c6cc7ccccc7c7c8ccc9ccccc9c8n(c5cnc4n2c13)c67. The largest absolute Gasteiger partial charge is 0.309 e. The maximum Gasteiger partial charge on any atom is 0.146 e. The lowest BCUT2D eigenvalue weighted by Crippen LogP contribution is -2.11. The van der Waals surface area contributed by atoms with Crippen molar-refractivity contribution in [2.45, 2.75) is 52.4 Å². The van der Waals surface area contributed by atoms with E-state index < -0.39 is 0 Å². The zero-order valence-corrected chi connectivity index (χ0v) is 38.5. The Morgan fingerprint density at radius 3 is 1.79 bits per heavy atom. The highest BCUT2D eigenvalue weighted by molar-refractivity contribution is 6.39. The molecule has 4 heteroatoms. The molecule has 0 saturated heterocycles. The first-order valence-electron chi connectivity index (χ1n) is 23.7. The number of hydrogen-bond donors (Lipinski definition) is 0. The highest BCUT2D eigenvalue weighted by atomic mass is 15.0. The van der Waals surface area contributed by atoms with E-state index in [1.54, 1.807) is 0 Å². The zero-order valence-electron chi connectivity index (χ0n) is 38.5. The molecule has 6 heterocycles. The lowest BCUT2D eigenvalue weighted by atomic mass is 9.83. The summed E-state index contributed by atoms with van der Waals surface area (Å²) in [6, 6.07) is 61.6. The van der Waals surface area contributed by atoms with Crippen molar-refractivity contribution in [3.05, 3.63) is 181 Å². The number of pyridine rings is 1. The number of aromatic nitrogens is 4. The first-order chi connectivity index (χ1) is 32.5. The second-order valence-corrected chi connectivity index (χ2v) is 21.2. The van der Waals surface area contributed by atoms with Gasteiger partial charge in [-0.15, -0.1) is 0 Å². The first kappa shape index (κ1) is 37.3. The van der Waals surface area contributed by atoms with E-state index in [1.165, 1.54) is 136 Å². The van der Waals surface area contributed by atoms with Crippen LogP contribution in [0, 0.1) is 0 Å². The van der Waals surface area contributed by atoms with Gasteiger partial charge in [0.05, 0.1) is 44.8 Å². The Morgan fingerprint density at radius 2 is 1.00 bits per heavy atom. The molecule has 0 N–H and O–H groups in total. The van der Waals surface area contributed by atoms with Gasteiger partial charge in [0.15, 0.2) is 0 Å². The van der Waals surface area contributed by atoms with E-state index in [0.29, 0.717) is 0 Å². The number of hydrogen-bond acceptors (Lipinski definition) is 1. The van der Waals surface area contributed by atoms with Gasteiger partial charge in [0, 0.05) is 70.5 Å². The lowest BCUT2D eigenvalue weighted by Gasteiger charge is -2.22. The van der Waals surface area contributed by atoms with E-state index in [-0.39, 0.29) is 10.8 Å². The summed E-state index contributed by atoms with van der Waals surface area (Å²) in [6.07, 6.45) is 2.18. The number of rotatable bonds is 2. The molecular formula is C63H46N4. The third-order valence-electron chi connectivity index (χ3n) is 15.4. The van der Waals surface area contributed by atoms with Crippen LogP contribution in [0.15, 0.2) is 170 Å². The van der Waals surface area contributed by atoms with Crippen molar-refractivity contribution in [1.29, 1.82) is 0 Å². The minimum atomic E-state index is -0.0909. The van der Waals surface area contributed by atoms with Crippen LogP contribution < -0.4 is 0 Å². The van der Waals surface area contributed by atoms with Gasteiger partial charge in [-0.25, -0.2) is 4.98 Å². The number of nitrogens with zero attached hydrogens (tertiary/aromatic N) is 4. The predicted molar refractivity (Wildman–Crippen MR) is 286 cm³/mol. The Balaban J connectivity index is 1.14. The molecule has 0 aliphatic rings. The van der Waals surface area contributed by atoms with E-state index in [2.05, 4.69) is 225 Å². The smallest absolute Gasteiger partial charge is 0.146 e. The fourth-order valence-corrected chi connectivity index (χ4v) is 12.2. The number of benzene rings is 9. The van der Waals surface area contributed by atoms with Crippen LogP contribution in [-0.4, -0.2) is 18.4 Å². The number of fused-ring (bicyclic) bond motifs is 20. The van der Waals surface area contributed by atoms with Gasteiger partial charge in [0.1, 0.15) is 5.65 Å². The Morgan fingerprint density at radius 1 is 0.373 bits per heavy atom. The Hall–Kier alpha value is -7.95. The van der Waals surface area contributed by atoms with Gasteiger partial charge >= 0.3 is 0 Å². The van der Waals surface area contributed by atoms with Crippen LogP contribution >= 0.6 is 0 Å². The standard InChI is InChI=1S/C63H46N4/c1-62(2,3)38-30-45(37-25-27-52-46(28-37)43-22-14-15-23-51(43)65(52)40-18-8-7-9-19-40)58-47(31-38)48-32-39(63(4,5)6)33-50-56-55-49-29-36-17-11-12-20-41(36)54-44-26-24-35-16-10-13-21-42(35)57(44)66(60(49)54)53(55)34-64-61(56)67(58)59(48)50/h7-34H,1-6H3. The molecule has 15 rings (SSSR count). The second-order valence-electron chi connectivity index (χ2n) is 21.2. The Labute approximate surface area is 386 Å². The second kappa shape index (κ2) is 12.5. The van der Waals surface area contributed by atoms with E-state index >= 15 is 0 Å². The van der Waals surface area contributed by atoms with Crippen molar-refractivity contribution in [1.82, 2.24) is 18.4 Å². The molecule has 0 unspecified atom stereocenters. The summed E-state index contributed by atoms with van der Waals surface area (Å²) < 4.78 is 7.50. The Bertz CT molecular complexity index is 4620. The highest BCUT2D eigenvalue weighted by Gasteiger charge is 2.30. The summed E-state index contributed by atoms with van der Waals surface area (Å²) >= 11 is 0. The van der Waals surface area contributed by atoms with Gasteiger partial charge < -0.3 is 8.97 Å². The van der Waals surface area contributed by atoms with Crippen molar-refractivity contribution in [3.8, 4) is 16.8 Å². The molecule has 9 aromatic carbocycles. The molecule has 4 nitrogen and oxygen atoms in total. The summed E-state index contributed by atoms with van der Waals surface area (Å²) in [4.78, 5) is 5.66. The number of para-hydroxylation sites is 2. The Kier molecular flexibility index (Phi) is 6.94. The molecule has 0 fully saturated rings. The van der Waals surface area contributed by atoms with Gasteiger partial charge in [-0.3, -0.25) is 4.40 Å². The third-order valence-corrected chi connectivity index (χ3v) is 15.4. The average molecular weight is 859 g/mol. The van der Waals surface area contributed by atoms with Gasteiger partial charge in [-0.1, -0.05) is 145 Å². The van der Waals surface area contributed by atoms with Crippen molar-refractivity contribution < 1.29 is 0 Å². The van der Waals surface area contributed by atoms with Gasteiger partial charge in [0.25, 0.3) is 0 Å². The molecule has 318 valence electrons. The van der Waals surface area contributed by atoms with Crippen molar-refractivity contribution >= 4 is 120 Å². The minimum absolute atomic E-state index is 0.0851. The van der Waals surface area contributed by atoms with Crippen LogP contribution in [0.3, 0.4) is 0 Å². The van der Waals surface area contributed by atoms with E-state index in [9.17, 15) is 0 Å². The normalized spacial score (nSPS) is 13.2. The molecule has 0 aliphatic carbocycles. The molecule has 15 aromatic rings. The summed E-state index contributed by atoms with van der Waals surface area (Å²) in [5.41, 5.74) is 15.6. The topological polar surface area (TPSA) is 26.6 Å². The molecule has 0 amide bonds. The molecule has 0 saturated carbocycles. The maximum atomic E-state index is 5.66.